The third-order valence-corrected chi connectivity index (χ3v) is 4.38. The van der Waals surface area contributed by atoms with Crippen molar-refractivity contribution < 1.29 is 9.18 Å². The Labute approximate surface area is 154 Å². The van der Waals surface area contributed by atoms with Crippen molar-refractivity contribution in [3.05, 3.63) is 67.7 Å². The second-order valence-electron chi connectivity index (χ2n) is 6.52. The Balaban J connectivity index is 2.03. The lowest BCUT2D eigenvalue weighted by Gasteiger charge is -2.13. The van der Waals surface area contributed by atoms with E-state index in [1.165, 1.54) is 29.8 Å². The average molecular weight is 370 g/mol. The number of aromatic nitrogens is 3. The van der Waals surface area contributed by atoms with Crippen molar-refractivity contribution in [1.82, 2.24) is 14.1 Å². The largest absolute Gasteiger partial charge is 0.332 e. The first kappa shape index (κ1) is 18.5. The van der Waals surface area contributed by atoms with Gasteiger partial charge in [-0.25, -0.2) is 14.2 Å². The number of hydrogen-bond donors (Lipinski definition) is 1. The predicted octanol–water partition coefficient (Wildman–Crippen LogP) is 1.80. The second kappa shape index (κ2) is 6.79. The maximum absolute atomic E-state index is 13.2. The van der Waals surface area contributed by atoms with Gasteiger partial charge in [-0.1, -0.05) is 0 Å². The van der Waals surface area contributed by atoms with Gasteiger partial charge >= 0.3 is 5.69 Å². The molecule has 0 saturated carbocycles. The molecule has 0 aliphatic heterocycles. The van der Waals surface area contributed by atoms with E-state index in [-0.39, 0.29) is 5.65 Å². The van der Waals surface area contributed by atoms with Gasteiger partial charge in [0.05, 0.1) is 5.39 Å². The van der Waals surface area contributed by atoms with Crippen LogP contribution in [0.4, 0.5) is 10.1 Å². The molecule has 0 aliphatic carbocycles. The highest BCUT2D eigenvalue weighted by atomic mass is 19.1. The minimum atomic E-state index is -0.629. The minimum absolute atomic E-state index is 0.286. The van der Waals surface area contributed by atoms with Crippen molar-refractivity contribution in [1.29, 1.82) is 0 Å². The number of hydrogen-bond acceptors (Lipinski definition) is 4. The number of carbonyl (C=O) groups excluding carboxylic acids is 1. The van der Waals surface area contributed by atoms with Crippen molar-refractivity contribution >= 4 is 22.6 Å². The van der Waals surface area contributed by atoms with Gasteiger partial charge in [0.1, 0.15) is 18.0 Å². The average Bonchev–Trinajstić information content (AvgIpc) is 2.58. The summed E-state index contributed by atoms with van der Waals surface area (Å²) in [5, 5.41) is 2.90. The molecule has 0 fully saturated rings. The fraction of sp³-hybridized carbons (Fsp3) is 0.263. The van der Waals surface area contributed by atoms with Gasteiger partial charge in [-0.05, 0) is 56.2 Å². The van der Waals surface area contributed by atoms with Gasteiger partial charge in [0, 0.05) is 18.4 Å². The number of fused-ring (bicyclic) bond motifs is 1. The molecular formula is C19H19FN4O3. The Kier molecular flexibility index (Phi) is 4.65. The molecule has 1 N–H and O–H groups in total. The van der Waals surface area contributed by atoms with Crippen LogP contribution in [0.25, 0.3) is 11.0 Å². The summed E-state index contributed by atoms with van der Waals surface area (Å²) in [7, 11) is 1.51. The minimum Gasteiger partial charge on any atom is -0.324 e. The number of aryl methyl sites for hydroxylation is 4. The lowest BCUT2D eigenvalue weighted by Crippen LogP contribution is -2.42. The van der Waals surface area contributed by atoms with Crippen LogP contribution in [0.5, 0.6) is 0 Å². The van der Waals surface area contributed by atoms with Gasteiger partial charge in [0.15, 0.2) is 0 Å². The Morgan fingerprint density at radius 2 is 1.85 bits per heavy atom. The van der Waals surface area contributed by atoms with Gasteiger partial charge in [-0.15, -0.1) is 0 Å². The molecule has 2 heterocycles. The van der Waals surface area contributed by atoms with E-state index in [2.05, 4.69) is 10.3 Å². The molecule has 0 atom stereocenters. The number of amides is 1. The van der Waals surface area contributed by atoms with Crippen LogP contribution in [-0.2, 0) is 18.4 Å². The molecule has 2 aromatic heterocycles. The van der Waals surface area contributed by atoms with Gasteiger partial charge in [-0.3, -0.25) is 18.7 Å². The molecule has 0 unspecified atom stereocenters. The summed E-state index contributed by atoms with van der Waals surface area (Å²) in [6.07, 6.45) is 0. The molecule has 3 aromatic rings. The number of rotatable bonds is 3. The van der Waals surface area contributed by atoms with E-state index in [9.17, 15) is 18.8 Å². The highest BCUT2D eigenvalue weighted by molar-refractivity contribution is 5.91. The Bertz CT molecular complexity index is 1190. The van der Waals surface area contributed by atoms with E-state index in [4.69, 9.17) is 0 Å². The normalized spacial score (nSPS) is 11.0. The topological polar surface area (TPSA) is 86.0 Å². The maximum atomic E-state index is 13.2. The van der Waals surface area contributed by atoms with Gasteiger partial charge < -0.3 is 5.32 Å². The summed E-state index contributed by atoms with van der Waals surface area (Å²) >= 11 is 0. The van der Waals surface area contributed by atoms with Crippen molar-refractivity contribution in [3.8, 4) is 0 Å². The van der Waals surface area contributed by atoms with Crippen LogP contribution in [0.3, 0.4) is 0 Å². The van der Waals surface area contributed by atoms with E-state index in [0.29, 0.717) is 27.9 Å². The van der Waals surface area contributed by atoms with E-state index in [1.807, 2.05) is 0 Å². The molecule has 0 saturated heterocycles. The van der Waals surface area contributed by atoms with Crippen molar-refractivity contribution in [2.75, 3.05) is 5.32 Å². The first-order valence-electron chi connectivity index (χ1n) is 8.33. The summed E-state index contributed by atoms with van der Waals surface area (Å²) in [5.74, 6) is -0.968. The molecule has 7 nitrogen and oxygen atoms in total. The van der Waals surface area contributed by atoms with Crippen LogP contribution in [-0.4, -0.2) is 20.0 Å². The lowest BCUT2D eigenvalue weighted by atomic mass is 10.1. The molecule has 0 bridgehead atoms. The number of nitrogens with zero attached hydrogens (tertiary/aromatic N) is 3. The number of halogens is 1. The Morgan fingerprint density at radius 1 is 1.15 bits per heavy atom. The fourth-order valence-corrected chi connectivity index (χ4v) is 3.06. The monoisotopic (exact) mass is 370 g/mol. The molecular weight excluding hydrogens is 351 g/mol. The van der Waals surface area contributed by atoms with Crippen LogP contribution >= 0.6 is 0 Å². The molecule has 0 aliphatic rings. The Morgan fingerprint density at radius 3 is 2.52 bits per heavy atom. The van der Waals surface area contributed by atoms with Crippen molar-refractivity contribution in [2.45, 2.75) is 27.3 Å². The zero-order valence-electron chi connectivity index (χ0n) is 15.5. The molecule has 3 rings (SSSR count). The molecule has 27 heavy (non-hydrogen) atoms. The highest BCUT2D eigenvalue weighted by Crippen LogP contribution is 2.16. The number of nitrogens with one attached hydrogen (secondary N) is 1. The maximum Gasteiger partial charge on any atom is 0.332 e. The SMILES string of the molecule is Cc1cc(C)c2c(=O)n(CC(=O)Nc3ccc(F)cc3C)c(=O)n(C)c2n1. The van der Waals surface area contributed by atoms with Gasteiger partial charge in [-0.2, -0.15) is 0 Å². The van der Waals surface area contributed by atoms with Crippen molar-refractivity contribution in [2.24, 2.45) is 7.05 Å². The van der Waals surface area contributed by atoms with E-state index < -0.39 is 29.5 Å². The summed E-state index contributed by atoms with van der Waals surface area (Å²) in [5.41, 5.74) is 1.42. The first-order valence-corrected chi connectivity index (χ1v) is 8.33. The zero-order chi connectivity index (χ0) is 19.9. The number of benzene rings is 1. The van der Waals surface area contributed by atoms with E-state index in [0.717, 1.165) is 4.57 Å². The number of anilines is 1. The molecule has 0 spiro atoms. The number of carbonyl (C=O) groups is 1. The van der Waals surface area contributed by atoms with Crippen molar-refractivity contribution in [3.63, 3.8) is 0 Å². The summed E-state index contributed by atoms with van der Waals surface area (Å²) in [4.78, 5) is 42.1. The molecule has 1 amide bonds. The van der Waals surface area contributed by atoms with Crippen LogP contribution in [0.15, 0.2) is 33.9 Å². The summed E-state index contributed by atoms with van der Waals surface area (Å²) < 4.78 is 15.3. The van der Waals surface area contributed by atoms with E-state index in [1.54, 1.807) is 26.8 Å². The quantitative estimate of drug-likeness (QED) is 0.762. The lowest BCUT2D eigenvalue weighted by molar-refractivity contribution is -0.116. The predicted molar refractivity (Wildman–Crippen MR) is 100 cm³/mol. The second-order valence-corrected chi connectivity index (χ2v) is 6.52. The summed E-state index contributed by atoms with van der Waals surface area (Å²) in [6, 6.07) is 5.69. The van der Waals surface area contributed by atoms with E-state index >= 15 is 0 Å². The molecule has 1 aromatic carbocycles. The van der Waals surface area contributed by atoms with Crippen LogP contribution in [0.1, 0.15) is 16.8 Å². The molecule has 8 heteroatoms. The van der Waals surface area contributed by atoms with Crippen LogP contribution in [0, 0.1) is 26.6 Å². The third kappa shape index (κ3) is 3.38. The zero-order valence-corrected chi connectivity index (χ0v) is 15.5. The fourth-order valence-electron chi connectivity index (χ4n) is 3.06. The van der Waals surface area contributed by atoms with Gasteiger partial charge in [0.2, 0.25) is 5.91 Å². The smallest absolute Gasteiger partial charge is 0.324 e. The number of pyridine rings is 1. The molecule has 0 radical (unpaired) electrons. The summed E-state index contributed by atoms with van der Waals surface area (Å²) in [6.45, 7) is 4.74. The molecule has 140 valence electrons. The van der Waals surface area contributed by atoms with Crippen LogP contribution in [0.2, 0.25) is 0 Å². The first-order chi connectivity index (χ1) is 12.7. The standard InChI is InChI=1S/C19H19FN4O3/c1-10-8-13(20)5-6-14(10)22-15(25)9-24-18(26)16-11(2)7-12(3)21-17(16)23(4)19(24)27/h5-8H,9H2,1-4H3,(H,22,25). The van der Waals surface area contributed by atoms with Crippen LogP contribution < -0.4 is 16.6 Å². The Hall–Kier alpha value is -3.29. The third-order valence-electron chi connectivity index (χ3n) is 4.38. The van der Waals surface area contributed by atoms with Gasteiger partial charge in [0.25, 0.3) is 5.56 Å². The highest BCUT2D eigenvalue weighted by Gasteiger charge is 2.17.